The van der Waals surface area contributed by atoms with E-state index in [1.54, 1.807) is 0 Å². The van der Waals surface area contributed by atoms with Crippen molar-refractivity contribution >= 4 is 54.3 Å². The molecule has 0 aliphatic carbocycles. The van der Waals surface area contributed by atoms with Gasteiger partial charge >= 0.3 is 0 Å². The van der Waals surface area contributed by atoms with Gasteiger partial charge in [0.1, 0.15) is 0 Å². The first-order chi connectivity index (χ1) is 21.3. The van der Waals surface area contributed by atoms with Crippen LogP contribution < -0.4 is 0 Å². The number of nitrogens with zero attached hydrogens (tertiary/aromatic N) is 3. The molecule has 9 aromatic rings. The van der Waals surface area contributed by atoms with Gasteiger partial charge in [0.2, 0.25) is 5.95 Å². The molecule has 0 aliphatic heterocycles. The van der Waals surface area contributed by atoms with Crippen LogP contribution >= 0.6 is 0 Å². The monoisotopic (exact) mass is 547 g/mol. The normalized spacial score (nSPS) is 11.7. The lowest BCUT2D eigenvalue weighted by molar-refractivity contribution is 1.01. The molecule has 2 heterocycles. The summed E-state index contributed by atoms with van der Waals surface area (Å²) in [5.74, 6) is 0.673. The third kappa shape index (κ3) is 3.75. The summed E-state index contributed by atoms with van der Waals surface area (Å²) in [7, 11) is 0. The Balaban J connectivity index is 1.35. The Bertz CT molecular complexity index is 2510. The standard InChI is InChI=1S/C40H25N3/c1-2-10-26(11-3-1)30-20-19-28-22-23-37-38(34(28)25-30)33-15-7-9-17-36(33)43(37)40-41-35-16-8-6-14-32(35)39(42-40)31-21-18-27-12-4-5-13-29(27)24-31/h1-25H. The van der Waals surface area contributed by atoms with E-state index >= 15 is 0 Å². The van der Waals surface area contributed by atoms with Crippen LogP contribution in [0.15, 0.2) is 152 Å². The first-order valence-electron chi connectivity index (χ1n) is 14.6. The van der Waals surface area contributed by atoms with Crippen molar-refractivity contribution in [2.24, 2.45) is 0 Å². The zero-order valence-electron chi connectivity index (χ0n) is 23.3. The van der Waals surface area contributed by atoms with Crippen molar-refractivity contribution in [3.63, 3.8) is 0 Å². The van der Waals surface area contributed by atoms with Crippen LogP contribution in [0, 0.1) is 0 Å². The van der Waals surface area contributed by atoms with Gasteiger partial charge < -0.3 is 0 Å². The molecule has 0 amide bonds. The first-order valence-corrected chi connectivity index (χ1v) is 14.6. The van der Waals surface area contributed by atoms with E-state index in [2.05, 4.69) is 150 Å². The van der Waals surface area contributed by atoms with Crippen LogP contribution in [0.4, 0.5) is 0 Å². The molecule has 0 fully saturated rings. The highest BCUT2D eigenvalue weighted by Gasteiger charge is 2.19. The van der Waals surface area contributed by atoms with Crippen LogP contribution in [0.5, 0.6) is 0 Å². The summed E-state index contributed by atoms with van der Waals surface area (Å²) in [4.78, 5) is 10.5. The molecule has 3 heteroatoms. The van der Waals surface area contributed by atoms with Crippen molar-refractivity contribution in [1.82, 2.24) is 14.5 Å². The summed E-state index contributed by atoms with van der Waals surface area (Å²) in [5, 5.41) is 8.30. The molecule has 0 aliphatic rings. The zero-order valence-corrected chi connectivity index (χ0v) is 23.3. The molecule has 0 saturated carbocycles. The molecule has 9 rings (SSSR count). The second-order valence-electron chi connectivity index (χ2n) is 11.1. The number of hydrogen-bond donors (Lipinski definition) is 0. The lowest BCUT2D eigenvalue weighted by atomic mass is 9.98. The lowest BCUT2D eigenvalue weighted by Crippen LogP contribution is -2.03. The summed E-state index contributed by atoms with van der Waals surface area (Å²) >= 11 is 0. The van der Waals surface area contributed by atoms with E-state index in [1.165, 1.54) is 43.4 Å². The number of rotatable bonds is 3. The summed E-state index contributed by atoms with van der Waals surface area (Å²) in [5.41, 5.74) is 7.55. The number of para-hydroxylation sites is 2. The van der Waals surface area contributed by atoms with E-state index in [0.717, 1.165) is 33.2 Å². The van der Waals surface area contributed by atoms with Crippen molar-refractivity contribution < 1.29 is 0 Å². The molecule has 3 nitrogen and oxygen atoms in total. The van der Waals surface area contributed by atoms with E-state index in [-0.39, 0.29) is 0 Å². The van der Waals surface area contributed by atoms with Gasteiger partial charge in [-0.2, -0.15) is 0 Å². The Morgan fingerprint density at radius 1 is 0.395 bits per heavy atom. The minimum Gasteiger partial charge on any atom is -0.278 e. The van der Waals surface area contributed by atoms with Gasteiger partial charge in [-0.1, -0.05) is 121 Å². The van der Waals surface area contributed by atoms with Gasteiger partial charge in [-0.05, 0) is 63.0 Å². The van der Waals surface area contributed by atoms with E-state index in [0.29, 0.717) is 5.95 Å². The van der Waals surface area contributed by atoms with Gasteiger partial charge in [0.15, 0.2) is 0 Å². The van der Waals surface area contributed by atoms with E-state index < -0.39 is 0 Å². The number of benzene rings is 7. The third-order valence-electron chi connectivity index (χ3n) is 8.58. The molecule has 0 unspecified atom stereocenters. The second kappa shape index (κ2) is 9.37. The molecule has 43 heavy (non-hydrogen) atoms. The molecule has 0 spiro atoms. The van der Waals surface area contributed by atoms with Gasteiger partial charge in [0, 0.05) is 21.7 Å². The van der Waals surface area contributed by atoms with Crippen molar-refractivity contribution in [3.8, 4) is 28.3 Å². The van der Waals surface area contributed by atoms with Crippen LogP contribution in [0.1, 0.15) is 0 Å². The molecule has 0 bridgehead atoms. The Kier molecular flexibility index (Phi) is 5.20. The van der Waals surface area contributed by atoms with Crippen LogP contribution in [0.25, 0.3) is 82.6 Å². The van der Waals surface area contributed by atoms with Crippen molar-refractivity contribution in [2.75, 3.05) is 0 Å². The minimum atomic E-state index is 0.673. The average molecular weight is 548 g/mol. The van der Waals surface area contributed by atoms with Crippen LogP contribution in [-0.2, 0) is 0 Å². The van der Waals surface area contributed by atoms with E-state index in [9.17, 15) is 0 Å². The smallest absolute Gasteiger partial charge is 0.235 e. The Labute approximate surface area is 248 Å². The molecule has 0 radical (unpaired) electrons. The largest absolute Gasteiger partial charge is 0.278 e. The molecule has 7 aromatic carbocycles. The van der Waals surface area contributed by atoms with Gasteiger partial charge in [-0.3, -0.25) is 4.57 Å². The maximum atomic E-state index is 5.32. The maximum Gasteiger partial charge on any atom is 0.235 e. The van der Waals surface area contributed by atoms with Crippen LogP contribution in [0.3, 0.4) is 0 Å². The Morgan fingerprint density at radius 3 is 2.00 bits per heavy atom. The molecule has 0 N–H and O–H groups in total. The number of aromatic nitrogens is 3. The molecule has 0 saturated heterocycles. The molecular weight excluding hydrogens is 522 g/mol. The van der Waals surface area contributed by atoms with Crippen molar-refractivity contribution in [3.05, 3.63) is 152 Å². The van der Waals surface area contributed by atoms with Crippen molar-refractivity contribution in [1.29, 1.82) is 0 Å². The molecule has 0 atom stereocenters. The van der Waals surface area contributed by atoms with Gasteiger partial charge in [0.05, 0.1) is 22.2 Å². The quantitative estimate of drug-likeness (QED) is 0.220. The first kappa shape index (κ1) is 23.9. The number of fused-ring (bicyclic) bond motifs is 7. The topological polar surface area (TPSA) is 30.7 Å². The Morgan fingerprint density at radius 2 is 1.09 bits per heavy atom. The fraction of sp³-hybridized carbons (Fsp3) is 0. The zero-order chi connectivity index (χ0) is 28.3. The molecule has 200 valence electrons. The lowest BCUT2D eigenvalue weighted by Gasteiger charge is -2.12. The summed E-state index contributed by atoms with van der Waals surface area (Å²) < 4.78 is 2.23. The average Bonchev–Trinajstić information content (AvgIpc) is 3.42. The fourth-order valence-electron chi connectivity index (χ4n) is 6.53. The van der Waals surface area contributed by atoms with Gasteiger partial charge in [-0.25, -0.2) is 9.97 Å². The predicted molar refractivity (Wildman–Crippen MR) is 180 cm³/mol. The Hall–Kier alpha value is -5.80. The summed E-state index contributed by atoms with van der Waals surface area (Å²) in [6.45, 7) is 0. The van der Waals surface area contributed by atoms with Gasteiger partial charge in [0.25, 0.3) is 0 Å². The van der Waals surface area contributed by atoms with Crippen LogP contribution in [-0.4, -0.2) is 14.5 Å². The molecular formula is C40H25N3. The highest BCUT2D eigenvalue weighted by molar-refractivity contribution is 6.21. The predicted octanol–water partition coefficient (Wildman–Crippen LogP) is 10.4. The third-order valence-corrected chi connectivity index (χ3v) is 8.58. The van der Waals surface area contributed by atoms with Gasteiger partial charge in [-0.15, -0.1) is 0 Å². The van der Waals surface area contributed by atoms with E-state index in [4.69, 9.17) is 9.97 Å². The number of hydrogen-bond acceptors (Lipinski definition) is 2. The summed E-state index contributed by atoms with van der Waals surface area (Å²) in [6, 6.07) is 53.8. The van der Waals surface area contributed by atoms with E-state index in [1.807, 2.05) is 6.07 Å². The van der Waals surface area contributed by atoms with Crippen LogP contribution in [0.2, 0.25) is 0 Å². The highest BCUT2D eigenvalue weighted by Crippen LogP contribution is 2.39. The minimum absolute atomic E-state index is 0.673. The second-order valence-corrected chi connectivity index (χ2v) is 11.1. The van der Waals surface area contributed by atoms with Crippen molar-refractivity contribution in [2.45, 2.75) is 0 Å². The maximum absolute atomic E-state index is 5.32. The highest BCUT2D eigenvalue weighted by atomic mass is 15.2. The SMILES string of the molecule is c1ccc(-c2ccc3ccc4c(c3c2)c2ccccc2n4-c2nc(-c3ccc4ccccc4c3)c3ccccc3n2)cc1. The summed E-state index contributed by atoms with van der Waals surface area (Å²) in [6.07, 6.45) is 0. The molecule has 2 aromatic heterocycles. The fourth-order valence-corrected chi connectivity index (χ4v) is 6.53.